The second kappa shape index (κ2) is 4.47. The lowest BCUT2D eigenvalue weighted by Crippen LogP contribution is -1.87. The van der Waals surface area contributed by atoms with Crippen molar-refractivity contribution in [2.45, 2.75) is 0 Å². The molecule has 0 unspecified atom stereocenters. The third kappa shape index (κ3) is 2.10. The summed E-state index contributed by atoms with van der Waals surface area (Å²) in [6, 6.07) is 13.8. The molecular weight excluding hydrogens is 234 g/mol. The van der Waals surface area contributed by atoms with Gasteiger partial charge in [0.05, 0.1) is 5.69 Å². The Hall–Kier alpha value is -2.00. The van der Waals surface area contributed by atoms with E-state index in [9.17, 15) is 0 Å². The first-order valence-corrected chi connectivity index (χ1v) is 5.12. The molecule has 0 radical (unpaired) electrons. The zero-order valence-electron chi connectivity index (χ0n) is 9.08. The van der Waals surface area contributed by atoms with E-state index in [1.807, 2.05) is 59.3 Å². The van der Waals surface area contributed by atoms with Crippen LogP contribution in [0.4, 0.5) is 5.69 Å². The van der Waals surface area contributed by atoms with E-state index < -0.39 is 0 Å². The highest BCUT2D eigenvalue weighted by Crippen LogP contribution is 2.19. The predicted molar refractivity (Wildman–Crippen MR) is 72.3 cm³/mol. The molecule has 0 spiro atoms. The predicted octanol–water partition coefficient (Wildman–Crippen LogP) is 3.01. The van der Waals surface area contributed by atoms with E-state index in [1.54, 1.807) is 0 Å². The fourth-order valence-corrected chi connectivity index (χ4v) is 1.75. The summed E-state index contributed by atoms with van der Waals surface area (Å²) in [6.07, 6.45) is 3.92. The van der Waals surface area contributed by atoms with Gasteiger partial charge in [0.2, 0.25) is 0 Å². The molecule has 0 saturated carbocycles. The molecule has 17 heavy (non-hydrogen) atoms. The van der Waals surface area contributed by atoms with Crippen molar-refractivity contribution in [3.05, 3.63) is 54.9 Å². The van der Waals surface area contributed by atoms with Crippen LogP contribution < -0.4 is 5.73 Å². The van der Waals surface area contributed by atoms with Crippen LogP contribution in [0, 0.1) is 0 Å². The molecule has 0 atom stereocenters. The van der Waals surface area contributed by atoms with Gasteiger partial charge in [0.15, 0.2) is 0 Å². The second-order valence-corrected chi connectivity index (χ2v) is 3.72. The molecule has 0 fully saturated rings. The van der Waals surface area contributed by atoms with Crippen molar-refractivity contribution in [3.8, 4) is 11.3 Å². The molecular formula is C13H12ClN3. The molecule has 2 aromatic heterocycles. The van der Waals surface area contributed by atoms with E-state index in [2.05, 4.69) is 4.98 Å². The number of hydrogen-bond acceptors (Lipinski definition) is 2. The van der Waals surface area contributed by atoms with Gasteiger partial charge in [-0.25, -0.2) is 4.98 Å². The van der Waals surface area contributed by atoms with Crippen molar-refractivity contribution in [2.75, 3.05) is 5.73 Å². The zero-order chi connectivity index (χ0) is 11.0. The smallest absolute Gasteiger partial charge is 0.139 e. The minimum Gasteiger partial charge on any atom is -0.399 e. The van der Waals surface area contributed by atoms with E-state index >= 15 is 0 Å². The molecule has 0 aliphatic heterocycles. The average molecular weight is 246 g/mol. The molecule has 3 aromatic rings. The fourth-order valence-electron chi connectivity index (χ4n) is 1.75. The number of hydrogen-bond donors (Lipinski definition) is 1. The number of rotatable bonds is 1. The van der Waals surface area contributed by atoms with Crippen LogP contribution in [-0.4, -0.2) is 9.38 Å². The van der Waals surface area contributed by atoms with Crippen LogP contribution in [0.2, 0.25) is 0 Å². The number of nitrogen functional groups attached to an aromatic ring is 1. The van der Waals surface area contributed by atoms with Gasteiger partial charge < -0.3 is 10.1 Å². The monoisotopic (exact) mass is 245 g/mol. The maximum Gasteiger partial charge on any atom is 0.139 e. The maximum absolute atomic E-state index is 5.72. The Morgan fingerprint density at radius 1 is 1.06 bits per heavy atom. The van der Waals surface area contributed by atoms with Crippen molar-refractivity contribution in [1.29, 1.82) is 0 Å². The Balaban J connectivity index is 0.00000108. The molecule has 3 nitrogen and oxygen atoms in total. The van der Waals surface area contributed by atoms with Gasteiger partial charge in [0.1, 0.15) is 5.65 Å². The van der Waals surface area contributed by atoms with E-state index in [-0.39, 0.29) is 12.4 Å². The largest absolute Gasteiger partial charge is 0.399 e. The molecule has 3 rings (SSSR count). The van der Waals surface area contributed by atoms with Gasteiger partial charge in [0, 0.05) is 29.7 Å². The number of nitrogens with two attached hydrogens (primary N) is 1. The molecule has 86 valence electrons. The van der Waals surface area contributed by atoms with Crippen LogP contribution in [0.1, 0.15) is 0 Å². The highest BCUT2D eigenvalue weighted by Gasteiger charge is 2.03. The first-order chi connectivity index (χ1) is 7.83. The molecule has 0 aliphatic carbocycles. The van der Waals surface area contributed by atoms with Gasteiger partial charge in [-0.1, -0.05) is 30.3 Å². The van der Waals surface area contributed by atoms with E-state index in [1.165, 1.54) is 0 Å². The summed E-state index contributed by atoms with van der Waals surface area (Å²) in [5, 5.41) is 0. The van der Waals surface area contributed by atoms with E-state index in [0.717, 1.165) is 22.6 Å². The normalized spacial score (nSPS) is 10.1. The minimum absolute atomic E-state index is 0. The highest BCUT2D eigenvalue weighted by atomic mass is 35.5. The summed E-state index contributed by atoms with van der Waals surface area (Å²) in [4.78, 5) is 4.53. The van der Waals surface area contributed by atoms with Gasteiger partial charge in [-0.05, 0) is 6.07 Å². The molecule has 0 amide bonds. The van der Waals surface area contributed by atoms with Crippen LogP contribution in [-0.2, 0) is 0 Å². The summed E-state index contributed by atoms with van der Waals surface area (Å²) in [7, 11) is 0. The summed E-state index contributed by atoms with van der Waals surface area (Å²) < 4.78 is 1.97. The Bertz CT molecular complexity index is 631. The standard InChI is InChI=1S/C13H11N3.ClH/c14-11-6-7-16-9-12(15-13(16)8-11)10-4-2-1-3-5-10;/h1-9H,14H2;1H. The number of halogens is 1. The number of fused-ring (bicyclic) bond motifs is 1. The quantitative estimate of drug-likeness (QED) is 0.716. The third-order valence-corrected chi connectivity index (χ3v) is 2.55. The van der Waals surface area contributed by atoms with Gasteiger partial charge in [0.25, 0.3) is 0 Å². The van der Waals surface area contributed by atoms with Crippen molar-refractivity contribution < 1.29 is 0 Å². The lowest BCUT2D eigenvalue weighted by molar-refractivity contribution is 1.19. The van der Waals surface area contributed by atoms with Crippen LogP contribution in [0.3, 0.4) is 0 Å². The van der Waals surface area contributed by atoms with E-state index in [0.29, 0.717) is 0 Å². The SMILES string of the molecule is Cl.Nc1ccn2cc(-c3ccccc3)nc2c1. The molecule has 0 saturated heterocycles. The number of benzene rings is 1. The molecule has 2 N–H and O–H groups in total. The minimum atomic E-state index is 0. The number of imidazole rings is 1. The van der Waals surface area contributed by atoms with Crippen LogP contribution >= 0.6 is 12.4 Å². The number of anilines is 1. The topological polar surface area (TPSA) is 43.3 Å². The van der Waals surface area contributed by atoms with Crippen molar-refractivity contribution >= 4 is 23.7 Å². The summed E-state index contributed by atoms with van der Waals surface area (Å²) in [5.41, 5.74) is 9.41. The lowest BCUT2D eigenvalue weighted by atomic mass is 10.2. The van der Waals surface area contributed by atoms with Gasteiger partial charge in [-0.3, -0.25) is 0 Å². The number of pyridine rings is 1. The van der Waals surface area contributed by atoms with Crippen molar-refractivity contribution in [2.24, 2.45) is 0 Å². The second-order valence-electron chi connectivity index (χ2n) is 3.72. The molecule has 0 aliphatic rings. The Labute approximate surface area is 105 Å². The average Bonchev–Trinajstić information content (AvgIpc) is 2.73. The summed E-state index contributed by atoms with van der Waals surface area (Å²) in [5.74, 6) is 0. The van der Waals surface area contributed by atoms with Crippen LogP contribution in [0.15, 0.2) is 54.9 Å². The highest BCUT2D eigenvalue weighted by molar-refractivity contribution is 5.85. The van der Waals surface area contributed by atoms with Gasteiger partial charge in [-0.2, -0.15) is 0 Å². The van der Waals surface area contributed by atoms with Crippen LogP contribution in [0.25, 0.3) is 16.9 Å². The molecule has 4 heteroatoms. The van der Waals surface area contributed by atoms with Crippen molar-refractivity contribution in [1.82, 2.24) is 9.38 Å². The molecule has 2 heterocycles. The number of nitrogens with zero attached hydrogens (tertiary/aromatic N) is 2. The van der Waals surface area contributed by atoms with Gasteiger partial charge in [-0.15, -0.1) is 12.4 Å². The Kier molecular flexibility index (Phi) is 3.02. The Morgan fingerprint density at radius 2 is 1.82 bits per heavy atom. The maximum atomic E-state index is 5.72. The zero-order valence-corrected chi connectivity index (χ0v) is 9.89. The lowest BCUT2D eigenvalue weighted by Gasteiger charge is -1.92. The Morgan fingerprint density at radius 3 is 2.59 bits per heavy atom. The first kappa shape index (κ1) is 11.5. The van der Waals surface area contributed by atoms with Crippen LogP contribution in [0.5, 0.6) is 0 Å². The molecule has 0 bridgehead atoms. The van der Waals surface area contributed by atoms with Crippen molar-refractivity contribution in [3.63, 3.8) is 0 Å². The summed E-state index contributed by atoms with van der Waals surface area (Å²) >= 11 is 0. The van der Waals surface area contributed by atoms with Gasteiger partial charge >= 0.3 is 0 Å². The van der Waals surface area contributed by atoms with E-state index in [4.69, 9.17) is 5.73 Å². The fraction of sp³-hybridized carbons (Fsp3) is 0. The summed E-state index contributed by atoms with van der Waals surface area (Å²) in [6.45, 7) is 0. The first-order valence-electron chi connectivity index (χ1n) is 5.12. The number of aromatic nitrogens is 2. The third-order valence-electron chi connectivity index (χ3n) is 2.55. The molecule has 1 aromatic carbocycles.